The van der Waals surface area contributed by atoms with E-state index in [0.717, 1.165) is 29.6 Å². The highest BCUT2D eigenvalue weighted by Gasteiger charge is 2.33. The number of hydrogen-bond acceptors (Lipinski definition) is 4. The predicted octanol–water partition coefficient (Wildman–Crippen LogP) is 0.794. The molecule has 2 N–H and O–H groups in total. The summed E-state index contributed by atoms with van der Waals surface area (Å²) in [6, 6.07) is 5.67. The van der Waals surface area contributed by atoms with E-state index in [1.165, 1.54) is 4.90 Å². The van der Waals surface area contributed by atoms with Gasteiger partial charge in [0.05, 0.1) is 13.1 Å². The molecule has 1 atom stereocenters. The van der Waals surface area contributed by atoms with Crippen molar-refractivity contribution >= 4 is 24.3 Å². The van der Waals surface area contributed by atoms with Gasteiger partial charge in [0.25, 0.3) is 0 Å². The number of ether oxygens (including phenoxy) is 1. The van der Waals surface area contributed by atoms with Gasteiger partial charge < -0.3 is 20.1 Å². The van der Waals surface area contributed by atoms with E-state index in [9.17, 15) is 14.4 Å². The second-order valence-corrected chi connectivity index (χ2v) is 5.58. The molecule has 2 aliphatic rings. The Kier molecular flexibility index (Phi) is 4.05. The van der Waals surface area contributed by atoms with E-state index in [4.69, 9.17) is 9.84 Å². The van der Waals surface area contributed by atoms with Gasteiger partial charge in [-0.2, -0.15) is 0 Å². The maximum Gasteiger partial charge on any atom is 0.414 e. The minimum atomic E-state index is -1.15. The first-order chi connectivity index (χ1) is 11.1. The van der Waals surface area contributed by atoms with Crippen molar-refractivity contribution in [3.8, 4) is 0 Å². The zero-order chi connectivity index (χ0) is 16.4. The summed E-state index contributed by atoms with van der Waals surface area (Å²) in [4.78, 5) is 36.5. The highest BCUT2D eigenvalue weighted by molar-refractivity contribution is 5.90. The molecule has 1 saturated heterocycles. The van der Waals surface area contributed by atoms with Crippen molar-refractivity contribution in [3.63, 3.8) is 0 Å². The monoisotopic (exact) mass is 319 g/mol. The lowest BCUT2D eigenvalue weighted by molar-refractivity contribution is -0.118. The molecule has 1 aromatic rings. The molecule has 1 fully saturated rings. The molecule has 0 aliphatic carbocycles. The maximum atomic E-state index is 12.0. The van der Waals surface area contributed by atoms with Crippen LogP contribution in [0.3, 0.4) is 0 Å². The van der Waals surface area contributed by atoms with Gasteiger partial charge in [0.2, 0.25) is 6.41 Å². The lowest BCUT2D eigenvalue weighted by Gasteiger charge is -2.26. The summed E-state index contributed by atoms with van der Waals surface area (Å²) in [5.41, 5.74) is 2.91. The van der Waals surface area contributed by atoms with Gasteiger partial charge in [0.1, 0.15) is 6.10 Å². The van der Waals surface area contributed by atoms with Crippen LogP contribution >= 0.6 is 0 Å². The number of nitrogens with one attached hydrogen (secondary N) is 1. The Morgan fingerprint density at radius 2 is 2.26 bits per heavy atom. The summed E-state index contributed by atoms with van der Waals surface area (Å²) in [5.74, 6) is 0. The molecule has 2 aliphatic heterocycles. The van der Waals surface area contributed by atoms with Crippen molar-refractivity contribution in [2.45, 2.75) is 19.1 Å². The zero-order valence-electron chi connectivity index (χ0n) is 12.4. The van der Waals surface area contributed by atoms with E-state index in [1.54, 1.807) is 4.90 Å². The van der Waals surface area contributed by atoms with Crippen LogP contribution in [0.4, 0.5) is 15.3 Å². The van der Waals surface area contributed by atoms with Gasteiger partial charge in [0, 0.05) is 18.8 Å². The van der Waals surface area contributed by atoms with Gasteiger partial charge in [-0.15, -0.1) is 0 Å². The molecule has 0 radical (unpaired) electrons. The molecule has 0 spiro atoms. The van der Waals surface area contributed by atoms with Crippen molar-refractivity contribution in [1.82, 2.24) is 10.2 Å². The molecule has 0 saturated carbocycles. The van der Waals surface area contributed by atoms with E-state index in [1.807, 2.05) is 18.2 Å². The van der Waals surface area contributed by atoms with Crippen LogP contribution in [0.25, 0.3) is 0 Å². The van der Waals surface area contributed by atoms with E-state index in [0.29, 0.717) is 19.6 Å². The standard InChI is InChI=1S/C15H17N3O5/c19-9-17-4-3-10-5-12(2-1-11(10)7-17)18-8-13(23-15(18)22)6-16-14(20)21/h1-2,5,9,13,16H,3-4,6-8H2,(H,20,21)/t13-/m0/s1. The summed E-state index contributed by atoms with van der Waals surface area (Å²) in [6.45, 7) is 1.61. The number of fused-ring (bicyclic) bond motifs is 1. The number of hydrogen-bond donors (Lipinski definition) is 2. The number of anilines is 1. The third-order valence-electron chi connectivity index (χ3n) is 4.05. The van der Waals surface area contributed by atoms with Gasteiger partial charge in [0.15, 0.2) is 0 Å². The van der Waals surface area contributed by atoms with Crippen LogP contribution in [0.5, 0.6) is 0 Å². The third kappa shape index (κ3) is 3.20. The number of benzene rings is 1. The van der Waals surface area contributed by atoms with Crippen LogP contribution in [0.1, 0.15) is 11.1 Å². The Balaban J connectivity index is 1.71. The van der Waals surface area contributed by atoms with Gasteiger partial charge in [-0.1, -0.05) is 6.07 Å². The van der Waals surface area contributed by atoms with E-state index in [-0.39, 0.29) is 6.54 Å². The summed E-state index contributed by atoms with van der Waals surface area (Å²) in [7, 11) is 0. The van der Waals surface area contributed by atoms with Gasteiger partial charge >= 0.3 is 12.2 Å². The molecule has 8 nitrogen and oxygen atoms in total. The Morgan fingerprint density at radius 1 is 1.43 bits per heavy atom. The summed E-state index contributed by atoms with van der Waals surface area (Å²) in [5, 5.41) is 10.8. The number of carbonyl (C=O) groups is 3. The summed E-state index contributed by atoms with van der Waals surface area (Å²) in [6.07, 6.45) is -0.538. The van der Waals surface area contributed by atoms with Crippen LogP contribution in [-0.2, 0) is 22.5 Å². The molecule has 8 heteroatoms. The molecule has 3 amide bonds. The Hall–Kier alpha value is -2.77. The molecular formula is C15H17N3O5. The Labute approximate surface area is 132 Å². The van der Waals surface area contributed by atoms with Crippen LogP contribution in [0.15, 0.2) is 18.2 Å². The lowest BCUT2D eigenvalue weighted by Crippen LogP contribution is -2.33. The lowest BCUT2D eigenvalue weighted by atomic mass is 9.99. The first kappa shape index (κ1) is 15.1. The Bertz CT molecular complexity index is 648. The topological polar surface area (TPSA) is 99.2 Å². The highest BCUT2D eigenvalue weighted by Crippen LogP contribution is 2.27. The molecular weight excluding hydrogens is 302 g/mol. The first-order valence-corrected chi connectivity index (χ1v) is 7.33. The number of amides is 3. The smallest absolute Gasteiger partial charge is 0.414 e. The number of cyclic esters (lactones) is 1. The number of rotatable bonds is 4. The Morgan fingerprint density at radius 3 is 3.00 bits per heavy atom. The fourth-order valence-corrected chi connectivity index (χ4v) is 2.86. The van der Waals surface area contributed by atoms with E-state index >= 15 is 0 Å². The van der Waals surface area contributed by atoms with Crippen LogP contribution in [-0.4, -0.2) is 54.3 Å². The van der Waals surface area contributed by atoms with E-state index in [2.05, 4.69) is 5.32 Å². The molecule has 0 unspecified atom stereocenters. The second-order valence-electron chi connectivity index (χ2n) is 5.58. The molecule has 0 bridgehead atoms. The third-order valence-corrected chi connectivity index (χ3v) is 4.05. The average Bonchev–Trinajstić information content (AvgIpc) is 2.93. The normalized spacial score (nSPS) is 20.0. The second kappa shape index (κ2) is 6.15. The van der Waals surface area contributed by atoms with E-state index < -0.39 is 18.3 Å². The fraction of sp³-hybridized carbons (Fsp3) is 0.400. The summed E-state index contributed by atoms with van der Waals surface area (Å²) >= 11 is 0. The molecule has 1 aromatic carbocycles. The maximum absolute atomic E-state index is 12.0. The molecule has 0 aromatic heterocycles. The number of carbonyl (C=O) groups excluding carboxylic acids is 2. The highest BCUT2D eigenvalue weighted by atomic mass is 16.6. The molecule has 2 heterocycles. The van der Waals surface area contributed by atoms with Crippen molar-refractivity contribution in [2.75, 3.05) is 24.5 Å². The minimum Gasteiger partial charge on any atom is -0.465 e. The SMILES string of the molecule is O=CN1CCc2cc(N3C[C@H](CNC(=O)O)OC3=O)ccc2C1. The van der Waals surface area contributed by atoms with Crippen molar-refractivity contribution in [1.29, 1.82) is 0 Å². The largest absolute Gasteiger partial charge is 0.465 e. The molecule has 3 rings (SSSR count). The van der Waals surface area contributed by atoms with Crippen molar-refractivity contribution in [2.24, 2.45) is 0 Å². The number of nitrogens with zero attached hydrogens (tertiary/aromatic N) is 2. The quantitative estimate of drug-likeness (QED) is 0.800. The molecule has 122 valence electrons. The summed E-state index contributed by atoms with van der Waals surface area (Å²) < 4.78 is 5.16. The van der Waals surface area contributed by atoms with Gasteiger partial charge in [-0.25, -0.2) is 9.59 Å². The van der Waals surface area contributed by atoms with Crippen LogP contribution < -0.4 is 10.2 Å². The predicted molar refractivity (Wildman–Crippen MR) is 80.3 cm³/mol. The van der Waals surface area contributed by atoms with Crippen LogP contribution in [0.2, 0.25) is 0 Å². The zero-order valence-corrected chi connectivity index (χ0v) is 12.4. The first-order valence-electron chi connectivity index (χ1n) is 7.33. The minimum absolute atomic E-state index is 0.0663. The van der Waals surface area contributed by atoms with Crippen LogP contribution in [0, 0.1) is 0 Å². The van der Waals surface area contributed by atoms with Crippen molar-refractivity contribution < 1.29 is 24.2 Å². The molecule has 23 heavy (non-hydrogen) atoms. The fourth-order valence-electron chi connectivity index (χ4n) is 2.86. The number of carboxylic acid groups (broad SMARTS) is 1. The van der Waals surface area contributed by atoms with Crippen molar-refractivity contribution in [3.05, 3.63) is 29.3 Å². The van der Waals surface area contributed by atoms with Gasteiger partial charge in [-0.3, -0.25) is 9.69 Å². The average molecular weight is 319 g/mol. The van der Waals surface area contributed by atoms with Gasteiger partial charge in [-0.05, 0) is 29.7 Å².